The molecule has 3 aromatic rings. The first-order valence-electron chi connectivity index (χ1n) is 11.9. The molecule has 2 aromatic heterocycles. The Balaban J connectivity index is 1.32. The minimum atomic E-state index is -4.19. The maximum atomic E-state index is 13.5. The van der Waals surface area contributed by atoms with Gasteiger partial charge in [-0.15, -0.1) is 0 Å². The van der Waals surface area contributed by atoms with Crippen molar-refractivity contribution in [2.75, 3.05) is 30.3 Å². The number of benzene rings is 1. The van der Waals surface area contributed by atoms with Crippen LogP contribution < -0.4 is 16.0 Å². The zero-order valence-corrected chi connectivity index (χ0v) is 21.4. The van der Waals surface area contributed by atoms with Crippen molar-refractivity contribution in [2.24, 2.45) is 0 Å². The van der Waals surface area contributed by atoms with Crippen molar-refractivity contribution >= 4 is 39.9 Å². The van der Waals surface area contributed by atoms with Crippen molar-refractivity contribution in [1.29, 1.82) is 0 Å². The quantitative estimate of drug-likeness (QED) is 0.338. The van der Waals surface area contributed by atoms with Crippen LogP contribution in [0.1, 0.15) is 45.8 Å². The smallest absolute Gasteiger partial charge is 0.348 e. The zero-order chi connectivity index (χ0) is 28.2. The molecule has 4 rings (SSSR count). The maximum absolute atomic E-state index is 13.5. The van der Waals surface area contributed by atoms with Gasteiger partial charge < -0.3 is 20.9 Å². The molecule has 3 heterocycles. The van der Waals surface area contributed by atoms with E-state index in [9.17, 15) is 31.5 Å². The molecule has 1 aliphatic heterocycles. The fourth-order valence-electron chi connectivity index (χ4n) is 3.96. The summed E-state index contributed by atoms with van der Waals surface area (Å²) in [5, 5.41) is 8.59. The van der Waals surface area contributed by atoms with Gasteiger partial charge in [0.05, 0.1) is 30.1 Å². The monoisotopic (exact) mass is 569 g/mol. The predicted molar refractivity (Wildman–Crippen MR) is 134 cm³/mol. The summed E-state index contributed by atoms with van der Waals surface area (Å²) in [6, 6.07) is 2.81. The normalized spacial score (nSPS) is 14.7. The van der Waals surface area contributed by atoms with E-state index in [0.29, 0.717) is 36.6 Å². The van der Waals surface area contributed by atoms with Gasteiger partial charge in [0.25, 0.3) is 11.8 Å². The second kappa shape index (κ2) is 12.0. The highest BCUT2D eigenvalue weighted by Gasteiger charge is 2.29. The molecule has 15 heteroatoms. The summed E-state index contributed by atoms with van der Waals surface area (Å²) in [6.07, 6.45) is -1.44. The van der Waals surface area contributed by atoms with E-state index >= 15 is 0 Å². The van der Waals surface area contributed by atoms with Crippen LogP contribution >= 0.6 is 11.5 Å². The van der Waals surface area contributed by atoms with E-state index in [4.69, 9.17) is 0 Å². The average molecular weight is 570 g/mol. The zero-order valence-electron chi connectivity index (χ0n) is 20.6. The van der Waals surface area contributed by atoms with E-state index in [2.05, 4.69) is 30.3 Å². The molecular weight excluding hydrogens is 545 g/mol. The fraction of sp³-hybridized carbons (Fsp3) is 0.375. The van der Waals surface area contributed by atoms with Crippen molar-refractivity contribution in [3.8, 4) is 0 Å². The molecule has 208 valence electrons. The lowest BCUT2D eigenvalue weighted by Crippen LogP contribution is -2.45. The number of alkyl halides is 3. The third kappa shape index (κ3) is 7.66. The average Bonchev–Trinajstić information content (AvgIpc) is 3.25. The topological polar surface area (TPSA) is 112 Å². The number of nitrogens with zero attached hydrogens (tertiary/aromatic N) is 4. The first kappa shape index (κ1) is 28.3. The number of hydrogen-bond donors (Lipinski definition) is 3. The van der Waals surface area contributed by atoms with Gasteiger partial charge in [-0.3, -0.25) is 9.59 Å². The molecule has 3 N–H and O–H groups in total. The lowest BCUT2D eigenvalue weighted by Gasteiger charge is -2.32. The molecule has 0 bridgehead atoms. The largest absolute Gasteiger partial charge is 0.390 e. The van der Waals surface area contributed by atoms with E-state index < -0.39 is 36.0 Å². The van der Waals surface area contributed by atoms with E-state index in [0.717, 1.165) is 23.7 Å². The summed E-state index contributed by atoms with van der Waals surface area (Å²) in [6.45, 7) is 2.46. The lowest BCUT2D eigenvalue weighted by molar-refractivity contribution is -0.138. The number of amides is 2. The molecule has 0 saturated carbocycles. The molecule has 9 nitrogen and oxygen atoms in total. The van der Waals surface area contributed by atoms with Gasteiger partial charge in [-0.1, -0.05) is 0 Å². The summed E-state index contributed by atoms with van der Waals surface area (Å²) in [7, 11) is 0. The van der Waals surface area contributed by atoms with Gasteiger partial charge in [0, 0.05) is 37.4 Å². The predicted octanol–water partition coefficient (Wildman–Crippen LogP) is 4.66. The number of halogens is 5. The number of rotatable bonds is 8. The summed E-state index contributed by atoms with van der Waals surface area (Å²) in [5.74, 6) is -2.96. The first-order valence-corrected chi connectivity index (χ1v) is 12.7. The Hall–Kier alpha value is -3.72. The van der Waals surface area contributed by atoms with Gasteiger partial charge in [-0.25, -0.2) is 18.7 Å². The van der Waals surface area contributed by atoms with Crippen LogP contribution in [-0.4, -0.2) is 62.9 Å². The Kier molecular flexibility index (Phi) is 8.70. The summed E-state index contributed by atoms with van der Waals surface area (Å²) >= 11 is 0.985. The summed E-state index contributed by atoms with van der Waals surface area (Å²) in [4.78, 5) is 35.4. The van der Waals surface area contributed by atoms with Crippen molar-refractivity contribution in [1.82, 2.24) is 24.6 Å². The highest BCUT2D eigenvalue weighted by molar-refractivity contribution is 7.10. The minimum absolute atomic E-state index is 0.0526. The Morgan fingerprint density at radius 3 is 2.46 bits per heavy atom. The third-order valence-corrected chi connectivity index (χ3v) is 6.88. The molecule has 0 radical (unpaired) electrons. The molecule has 1 aromatic carbocycles. The highest BCUT2D eigenvalue weighted by atomic mass is 32.1. The summed E-state index contributed by atoms with van der Waals surface area (Å²) in [5.41, 5.74) is 0.695. The molecule has 39 heavy (non-hydrogen) atoms. The molecule has 0 unspecified atom stereocenters. The van der Waals surface area contributed by atoms with E-state index in [1.807, 2.05) is 0 Å². The van der Waals surface area contributed by atoms with E-state index in [1.54, 1.807) is 11.8 Å². The van der Waals surface area contributed by atoms with Crippen LogP contribution in [0, 0.1) is 18.6 Å². The number of nitrogens with one attached hydrogen (secondary N) is 3. The Morgan fingerprint density at radius 2 is 1.82 bits per heavy atom. The highest BCUT2D eigenvalue weighted by Crippen LogP contribution is 2.28. The van der Waals surface area contributed by atoms with Crippen LogP contribution in [0.5, 0.6) is 0 Å². The molecule has 0 spiro atoms. The van der Waals surface area contributed by atoms with Crippen molar-refractivity contribution in [3.63, 3.8) is 0 Å². The van der Waals surface area contributed by atoms with Gasteiger partial charge in [0.2, 0.25) is 0 Å². The molecular formula is C24H24F5N7O2S. The van der Waals surface area contributed by atoms with Crippen LogP contribution in [0.25, 0.3) is 0 Å². The van der Waals surface area contributed by atoms with Gasteiger partial charge in [0.15, 0.2) is 11.6 Å². The molecule has 0 aliphatic carbocycles. The Labute approximate surface area is 224 Å². The number of aryl methyl sites for hydroxylation is 1. The van der Waals surface area contributed by atoms with Gasteiger partial charge in [-0.2, -0.15) is 17.5 Å². The van der Waals surface area contributed by atoms with E-state index in [1.165, 1.54) is 18.5 Å². The second-order valence-electron chi connectivity index (χ2n) is 8.92. The van der Waals surface area contributed by atoms with Crippen LogP contribution in [0.15, 0.2) is 30.6 Å². The molecule has 0 atom stereocenters. The first-order chi connectivity index (χ1) is 18.5. The number of piperidine rings is 1. The van der Waals surface area contributed by atoms with Gasteiger partial charge in [0.1, 0.15) is 16.5 Å². The van der Waals surface area contributed by atoms with Crippen LogP contribution in [0.2, 0.25) is 0 Å². The van der Waals surface area contributed by atoms with Crippen LogP contribution in [0.3, 0.4) is 0 Å². The number of anilines is 3. The number of likely N-dealkylation sites (tertiary alicyclic amines) is 1. The van der Waals surface area contributed by atoms with Crippen LogP contribution in [-0.2, 0) is 0 Å². The number of aromatic nitrogens is 3. The Bertz CT molecular complexity index is 1330. The van der Waals surface area contributed by atoms with Gasteiger partial charge >= 0.3 is 6.18 Å². The van der Waals surface area contributed by atoms with Gasteiger partial charge in [-0.05, 0) is 43.4 Å². The molecule has 1 saturated heterocycles. The lowest BCUT2D eigenvalue weighted by atomic mass is 10.0. The maximum Gasteiger partial charge on any atom is 0.390 e. The second-order valence-corrected chi connectivity index (χ2v) is 9.69. The van der Waals surface area contributed by atoms with Crippen molar-refractivity contribution in [2.45, 2.75) is 38.4 Å². The standard InChI is InChI=1S/C24H24F5N7O2S/c1-13-20(22(38)33-15-2-3-16(25)17(26)10-15)23(39-35-13)34-19-12-30-18(11-31-19)21(37)32-14-4-7-36(8-5-14)9-6-24(27,28)29/h2-3,10-12,14H,4-9H2,1H3,(H,31,34)(H,32,37)(H,33,38). The Morgan fingerprint density at radius 1 is 1.08 bits per heavy atom. The SMILES string of the molecule is Cc1nsc(Nc2cnc(C(=O)NC3CCN(CCC(F)(F)F)CC3)cn2)c1C(=O)Nc1ccc(F)c(F)c1. The molecule has 1 aliphatic rings. The molecule has 1 fully saturated rings. The van der Waals surface area contributed by atoms with E-state index in [-0.39, 0.29) is 35.3 Å². The van der Waals surface area contributed by atoms with Crippen LogP contribution in [0.4, 0.5) is 38.5 Å². The number of carbonyl (C=O) groups is 2. The fourth-order valence-corrected chi connectivity index (χ4v) is 4.76. The third-order valence-electron chi connectivity index (χ3n) is 6.03. The van der Waals surface area contributed by atoms with Crippen molar-refractivity contribution < 1.29 is 31.5 Å². The summed E-state index contributed by atoms with van der Waals surface area (Å²) < 4.78 is 68.1. The number of hydrogen-bond acceptors (Lipinski definition) is 8. The molecule has 2 amide bonds. The van der Waals surface area contributed by atoms with Crippen molar-refractivity contribution in [3.05, 3.63) is 59.2 Å². The minimum Gasteiger partial charge on any atom is -0.348 e. The number of carbonyl (C=O) groups excluding carboxylic acids is 2.